The largest absolute Gasteiger partial charge is 0.309 e. The van der Waals surface area contributed by atoms with E-state index in [9.17, 15) is 4.79 Å². The maximum atomic E-state index is 11.8. The Bertz CT molecular complexity index is 645. The molecule has 2 aromatic rings. The molecule has 0 aliphatic rings. The molecule has 3 nitrogen and oxygen atoms in total. The van der Waals surface area contributed by atoms with Gasteiger partial charge in [0, 0.05) is 4.90 Å². The summed E-state index contributed by atoms with van der Waals surface area (Å²) in [6, 6.07) is 7.65. The molecule has 0 radical (unpaired) electrons. The summed E-state index contributed by atoms with van der Waals surface area (Å²) >= 11 is 9.69. The Balaban J connectivity index is 2.19. The maximum Gasteiger partial charge on any atom is 0.264 e. The molecule has 0 atom stereocenters. The van der Waals surface area contributed by atoms with Crippen LogP contribution in [0.25, 0.3) is 0 Å². The highest BCUT2D eigenvalue weighted by Crippen LogP contribution is 2.28. The van der Waals surface area contributed by atoms with Gasteiger partial charge < -0.3 is 4.98 Å². The zero-order valence-electron chi connectivity index (χ0n) is 10.2. The number of aryl methyl sites for hydroxylation is 1. The van der Waals surface area contributed by atoms with E-state index < -0.39 is 0 Å². The van der Waals surface area contributed by atoms with Gasteiger partial charge in [-0.15, -0.1) is 11.8 Å². The first-order chi connectivity index (χ1) is 9.11. The number of hydrogen-bond acceptors (Lipinski definition) is 3. The number of aromatic nitrogens is 2. The van der Waals surface area contributed by atoms with Crippen LogP contribution in [0.15, 0.2) is 34.0 Å². The third-order valence-corrected chi connectivity index (χ3v) is 5.16. The van der Waals surface area contributed by atoms with Crippen molar-refractivity contribution in [1.82, 2.24) is 9.97 Å². The lowest BCUT2D eigenvalue weighted by molar-refractivity contribution is 0.905. The third kappa shape index (κ3) is 3.73. The lowest BCUT2D eigenvalue weighted by atomic mass is 10.3. The molecular weight excluding hydrogens is 395 g/mol. The fraction of sp³-hybridized carbons (Fsp3) is 0.231. The number of aromatic amines is 1. The molecule has 1 heterocycles. The van der Waals surface area contributed by atoms with Crippen molar-refractivity contribution >= 4 is 46.0 Å². The summed E-state index contributed by atoms with van der Waals surface area (Å²) in [5.74, 6) is 1.29. The second kappa shape index (κ2) is 6.76. The van der Waals surface area contributed by atoms with Gasteiger partial charge >= 0.3 is 0 Å². The summed E-state index contributed by atoms with van der Waals surface area (Å²) in [6.45, 7) is 1.99. The Labute approximate surface area is 134 Å². The molecule has 100 valence electrons. The van der Waals surface area contributed by atoms with Crippen LogP contribution in [0.4, 0.5) is 0 Å². The number of halogens is 2. The fourth-order valence-corrected chi connectivity index (χ4v) is 3.31. The third-order valence-electron chi connectivity index (χ3n) is 2.52. The number of thioether (sulfide) groups is 1. The molecule has 0 saturated heterocycles. The van der Waals surface area contributed by atoms with Crippen LogP contribution in [0.1, 0.15) is 18.4 Å². The number of nitrogens with zero attached hydrogens (tertiary/aromatic N) is 1. The molecular formula is C13H12ClIN2OS. The minimum atomic E-state index is -0.0674. The number of rotatable bonds is 4. The molecule has 0 bridgehead atoms. The SMILES string of the molecule is CCc1nc(CSc2ccccc2Cl)[nH]c(=O)c1I. The maximum absolute atomic E-state index is 11.8. The van der Waals surface area contributed by atoms with Crippen LogP contribution >= 0.6 is 46.0 Å². The summed E-state index contributed by atoms with van der Waals surface area (Å²) in [5.41, 5.74) is 0.779. The second-order valence-corrected chi connectivity index (χ2v) is 6.35. The summed E-state index contributed by atoms with van der Waals surface area (Å²) in [5, 5.41) is 0.719. The van der Waals surface area contributed by atoms with Crippen molar-refractivity contribution in [3.8, 4) is 0 Å². The number of nitrogens with one attached hydrogen (secondary N) is 1. The molecule has 2 rings (SSSR count). The van der Waals surface area contributed by atoms with Crippen molar-refractivity contribution in [2.45, 2.75) is 24.0 Å². The zero-order valence-corrected chi connectivity index (χ0v) is 14.0. The first-order valence-electron chi connectivity index (χ1n) is 5.76. The van der Waals surface area contributed by atoms with E-state index in [2.05, 4.69) is 9.97 Å². The lowest BCUT2D eigenvalue weighted by Crippen LogP contribution is -2.17. The second-order valence-electron chi connectivity index (χ2n) is 3.85. The van der Waals surface area contributed by atoms with E-state index in [1.54, 1.807) is 11.8 Å². The van der Waals surface area contributed by atoms with Crippen LogP contribution in [-0.2, 0) is 12.2 Å². The Kier molecular flexibility index (Phi) is 5.29. The Hall–Kier alpha value is -0.530. The van der Waals surface area contributed by atoms with Crippen LogP contribution in [0.5, 0.6) is 0 Å². The molecule has 1 aromatic heterocycles. The topological polar surface area (TPSA) is 45.8 Å². The van der Waals surface area contributed by atoms with Gasteiger partial charge in [0.25, 0.3) is 5.56 Å². The van der Waals surface area contributed by atoms with E-state index in [4.69, 9.17) is 11.6 Å². The van der Waals surface area contributed by atoms with Gasteiger partial charge in [-0.3, -0.25) is 4.79 Å². The van der Waals surface area contributed by atoms with Crippen molar-refractivity contribution < 1.29 is 0 Å². The molecule has 19 heavy (non-hydrogen) atoms. The van der Waals surface area contributed by atoms with E-state index in [0.29, 0.717) is 15.1 Å². The normalized spacial score (nSPS) is 10.7. The van der Waals surface area contributed by atoms with Gasteiger partial charge in [0.15, 0.2) is 0 Å². The van der Waals surface area contributed by atoms with Crippen LogP contribution in [-0.4, -0.2) is 9.97 Å². The number of benzene rings is 1. The molecule has 1 aromatic carbocycles. The predicted octanol–water partition coefficient (Wildman–Crippen LogP) is 3.88. The molecule has 0 amide bonds. The van der Waals surface area contributed by atoms with E-state index in [-0.39, 0.29) is 5.56 Å². The molecule has 0 spiro atoms. The van der Waals surface area contributed by atoms with Gasteiger partial charge in [-0.2, -0.15) is 0 Å². The fourth-order valence-electron chi connectivity index (χ4n) is 1.57. The van der Waals surface area contributed by atoms with Crippen molar-refractivity contribution in [1.29, 1.82) is 0 Å². The molecule has 0 saturated carbocycles. The first-order valence-corrected chi connectivity index (χ1v) is 8.21. The van der Waals surface area contributed by atoms with Gasteiger partial charge in [-0.05, 0) is 41.1 Å². The standard InChI is InChI=1S/C13H12ClIN2OS/c1-2-9-12(15)13(18)17-11(16-9)7-19-10-6-4-3-5-8(10)14/h3-6H,2,7H2,1H3,(H,16,17,18). The van der Waals surface area contributed by atoms with Crippen molar-refractivity contribution in [2.75, 3.05) is 0 Å². The summed E-state index contributed by atoms with van der Waals surface area (Å²) < 4.78 is 0.673. The molecule has 0 aliphatic heterocycles. The van der Waals surface area contributed by atoms with E-state index in [1.807, 2.05) is 53.8 Å². The Morgan fingerprint density at radius 2 is 2.16 bits per heavy atom. The van der Waals surface area contributed by atoms with Crippen molar-refractivity contribution in [2.24, 2.45) is 0 Å². The minimum absolute atomic E-state index is 0.0674. The first kappa shape index (κ1) is 14.9. The summed E-state index contributed by atoms with van der Waals surface area (Å²) in [7, 11) is 0. The smallest absolute Gasteiger partial charge is 0.264 e. The molecule has 6 heteroatoms. The average Bonchev–Trinajstić information content (AvgIpc) is 2.41. The van der Waals surface area contributed by atoms with Crippen LogP contribution in [0.2, 0.25) is 5.02 Å². The number of H-pyrrole nitrogens is 1. The van der Waals surface area contributed by atoms with Crippen molar-refractivity contribution in [3.05, 3.63) is 54.7 Å². The van der Waals surface area contributed by atoms with Gasteiger partial charge in [0.05, 0.1) is 20.0 Å². The minimum Gasteiger partial charge on any atom is -0.309 e. The molecule has 0 fully saturated rings. The summed E-state index contributed by atoms with van der Waals surface area (Å²) in [6.07, 6.45) is 0.756. The summed E-state index contributed by atoms with van der Waals surface area (Å²) in [4.78, 5) is 20.0. The van der Waals surface area contributed by atoms with Gasteiger partial charge in [-0.1, -0.05) is 30.7 Å². The van der Waals surface area contributed by atoms with Crippen LogP contribution in [0.3, 0.4) is 0 Å². The highest BCUT2D eigenvalue weighted by Gasteiger charge is 2.08. The predicted molar refractivity (Wildman–Crippen MR) is 88.0 cm³/mol. The Morgan fingerprint density at radius 1 is 1.42 bits per heavy atom. The molecule has 0 aliphatic carbocycles. The monoisotopic (exact) mass is 406 g/mol. The van der Waals surface area contributed by atoms with Crippen LogP contribution in [0, 0.1) is 3.57 Å². The van der Waals surface area contributed by atoms with Gasteiger partial charge in [0.1, 0.15) is 5.82 Å². The molecule has 0 unspecified atom stereocenters. The lowest BCUT2D eigenvalue weighted by Gasteiger charge is -2.06. The van der Waals surface area contributed by atoms with Crippen molar-refractivity contribution in [3.63, 3.8) is 0 Å². The quantitative estimate of drug-likeness (QED) is 0.619. The number of hydrogen-bond donors (Lipinski definition) is 1. The Morgan fingerprint density at radius 3 is 2.84 bits per heavy atom. The zero-order chi connectivity index (χ0) is 13.8. The van der Waals surface area contributed by atoms with Gasteiger partial charge in [0.2, 0.25) is 0 Å². The van der Waals surface area contributed by atoms with Gasteiger partial charge in [-0.25, -0.2) is 4.98 Å². The van der Waals surface area contributed by atoms with Crippen LogP contribution < -0.4 is 5.56 Å². The highest BCUT2D eigenvalue weighted by atomic mass is 127. The molecule has 1 N–H and O–H groups in total. The van der Waals surface area contributed by atoms with E-state index >= 15 is 0 Å². The van der Waals surface area contributed by atoms with E-state index in [0.717, 1.165) is 22.0 Å². The average molecular weight is 407 g/mol. The van der Waals surface area contributed by atoms with E-state index in [1.165, 1.54) is 0 Å². The highest BCUT2D eigenvalue weighted by molar-refractivity contribution is 14.1.